The van der Waals surface area contributed by atoms with Crippen molar-refractivity contribution in [1.29, 1.82) is 0 Å². The first-order valence-corrected chi connectivity index (χ1v) is 10.9. The molecule has 4 aromatic rings. The van der Waals surface area contributed by atoms with Crippen molar-refractivity contribution in [2.45, 2.75) is 17.9 Å². The monoisotopic (exact) mass is 435 g/mol. The number of nitrogens with one attached hydrogen (secondary N) is 1. The van der Waals surface area contributed by atoms with Crippen molar-refractivity contribution in [3.8, 4) is 0 Å². The molecule has 4 rings (SSSR count). The predicted octanol–water partition coefficient (Wildman–Crippen LogP) is 5.22. The van der Waals surface area contributed by atoms with Crippen LogP contribution in [-0.4, -0.2) is 23.0 Å². The summed E-state index contributed by atoms with van der Waals surface area (Å²) in [5.41, 5.74) is 3.27. The maximum absolute atomic E-state index is 13.7. The van der Waals surface area contributed by atoms with E-state index in [4.69, 9.17) is 0 Å². The first-order valence-electron chi connectivity index (χ1n) is 10.9. The molecule has 4 nitrogen and oxygen atoms in total. The van der Waals surface area contributed by atoms with Gasteiger partial charge in [-0.3, -0.25) is 4.79 Å². The van der Waals surface area contributed by atoms with Crippen LogP contribution in [0.15, 0.2) is 121 Å². The Balaban J connectivity index is 1.74. The summed E-state index contributed by atoms with van der Waals surface area (Å²) in [6, 6.07) is 36.6. The summed E-state index contributed by atoms with van der Waals surface area (Å²) in [4.78, 5) is 26.2. The number of benzene rings is 4. The minimum absolute atomic E-state index is 0.350. The highest BCUT2D eigenvalue weighted by atomic mass is 16.4. The van der Waals surface area contributed by atoms with Crippen LogP contribution in [0.3, 0.4) is 0 Å². The number of carbonyl (C=O) groups excluding carboxylic acids is 1. The number of carboxylic acids is 1. The molecule has 0 bridgehead atoms. The molecule has 33 heavy (non-hydrogen) atoms. The Labute approximate surface area is 193 Å². The molecule has 4 aromatic carbocycles. The maximum Gasteiger partial charge on any atom is 0.327 e. The number of aliphatic carboxylic acids is 1. The Hall–Kier alpha value is -4.18. The number of carboxylic acid groups (broad SMARTS) is 1. The van der Waals surface area contributed by atoms with Gasteiger partial charge in [0.05, 0.1) is 5.92 Å². The zero-order valence-corrected chi connectivity index (χ0v) is 18.0. The summed E-state index contributed by atoms with van der Waals surface area (Å²) in [6.45, 7) is 0. The molecule has 1 amide bonds. The molecule has 0 aliphatic rings. The molecule has 164 valence electrons. The summed E-state index contributed by atoms with van der Waals surface area (Å²) in [5, 5.41) is 13.1. The van der Waals surface area contributed by atoms with Crippen LogP contribution in [0.4, 0.5) is 0 Å². The Bertz CT molecular complexity index is 1100. The lowest BCUT2D eigenvalue weighted by Gasteiger charge is -2.28. The highest BCUT2D eigenvalue weighted by Gasteiger charge is 2.34. The van der Waals surface area contributed by atoms with E-state index in [1.165, 1.54) is 0 Å². The second-order valence-electron chi connectivity index (χ2n) is 7.88. The summed E-state index contributed by atoms with van der Waals surface area (Å²) >= 11 is 0. The van der Waals surface area contributed by atoms with E-state index in [1.54, 1.807) is 0 Å². The lowest BCUT2D eigenvalue weighted by atomic mass is 9.84. The number of hydrogen-bond acceptors (Lipinski definition) is 2. The SMILES string of the molecule is O=C(N[C@H](C(=O)O)C(c1ccccc1)c1ccccc1)C(c1ccccc1)c1ccccc1. The van der Waals surface area contributed by atoms with Gasteiger partial charge in [-0.2, -0.15) is 0 Å². The Kier molecular flexibility index (Phi) is 6.96. The number of rotatable bonds is 8. The van der Waals surface area contributed by atoms with Gasteiger partial charge in [-0.25, -0.2) is 4.79 Å². The molecule has 0 aliphatic heterocycles. The van der Waals surface area contributed by atoms with Gasteiger partial charge in [-0.05, 0) is 22.3 Å². The number of amides is 1. The van der Waals surface area contributed by atoms with Gasteiger partial charge in [0.2, 0.25) is 5.91 Å². The molecule has 0 aliphatic carbocycles. The quantitative estimate of drug-likeness (QED) is 0.399. The fourth-order valence-electron chi connectivity index (χ4n) is 4.21. The third kappa shape index (κ3) is 5.18. The minimum Gasteiger partial charge on any atom is -0.480 e. The third-order valence-electron chi connectivity index (χ3n) is 5.74. The predicted molar refractivity (Wildman–Crippen MR) is 129 cm³/mol. The van der Waals surface area contributed by atoms with Crippen molar-refractivity contribution in [3.63, 3.8) is 0 Å². The van der Waals surface area contributed by atoms with Crippen LogP contribution in [0.2, 0.25) is 0 Å². The largest absolute Gasteiger partial charge is 0.480 e. The van der Waals surface area contributed by atoms with E-state index in [0.717, 1.165) is 22.3 Å². The Morgan fingerprint density at radius 1 is 0.545 bits per heavy atom. The molecule has 0 radical (unpaired) electrons. The molecule has 4 heteroatoms. The van der Waals surface area contributed by atoms with Crippen LogP contribution >= 0.6 is 0 Å². The van der Waals surface area contributed by atoms with Gasteiger partial charge in [-0.1, -0.05) is 121 Å². The van der Waals surface area contributed by atoms with Crippen molar-refractivity contribution in [2.75, 3.05) is 0 Å². The van der Waals surface area contributed by atoms with Gasteiger partial charge in [-0.15, -0.1) is 0 Å². The second-order valence-corrected chi connectivity index (χ2v) is 7.88. The van der Waals surface area contributed by atoms with Gasteiger partial charge in [0, 0.05) is 5.92 Å². The summed E-state index contributed by atoms with van der Waals surface area (Å²) < 4.78 is 0. The maximum atomic E-state index is 13.7. The second kappa shape index (κ2) is 10.4. The zero-order chi connectivity index (χ0) is 23.0. The molecular weight excluding hydrogens is 410 g/mol. The van der Waals surface area contributed by atoms with Gasteiger partial charge < -0.3 is 10.4 Å². The fraction of sp³-hybridized carbons (Fsp3) is 0.103. The van der Waals surface area contributed by atoms with E-state index in [9.17, 15) is 14.7 Å². The van der Waals surface area contributed by atoms with Crippen molar-refractivity contribution < 1.29 is 14.7 Å². The lowest BCUT2D eigenvalue weighted by molar-refractivity contribution is -0.142. The number of hydrogen-bond donors (Lipinski definition) is 2. The average Bonchev–Trinajstić information content (AvgIpc) is 2.86. The zero-order valence-electron chi connectivity index (χ0n) is 18.0. The molecule has 1 atom stereocenters. The van der Waals surface area contributed by atoms with Gasteiger partial charge >= 0.3 is 5.97 Å². The van der Waals surface area contributed by atoms with Crippen LogP contribution in [0.1, 0.15) is 34.1 Å². The van der Waals surface area contributed by atoms with Crippen LogP contribution < -0.4 is 5.32 Å². The van der Waals surface area contributed by atoms with Crippen molar-refractivity contribution in [3.05, 3.63) is 144 Å². The highest BCUT2D eigenvalue weighted by molar-refractivity contribution is 5.91. The lowest BCUT2D eigenvalue weighted by Crippen LogP contribution is -2.47. The molecular formula is C29H25NO3. The molecule has 0 spiro atoms. The van der Waals surface area contributed by atoms with Crippen LogP contribution in [0, 0.1) is 0 Å². The Morgan fingerprint density at radius 2 is 0.879 bits per heavy atom. The molecule has 0 saturated carbocycles. The van der Waals surface area contributed by atoms with Crippen LogP contribution in [0.25, 0.3) is 0 Å². The average molecular weight is 436 g/mol. The molecule has 0 fully saturated rings. The van der Waals surface area contributed by atoms with Crippen molar-refractivity contribution in [1.82, 2.24) is 5.32 Å². The normalized spacial score (nSPS) is 11.8. The number of carbonyl (C=O) groups is 2. The summed E-state index contributed by atoms with van der Waals surface area (Å²) in [7, 11) is 0. The Morgan fingerprint density at radius 3 is 1.21 bits per heavy atom. The fourth-order valence-corrected chi connectivity index (χ4v) is 4.21. The van der Waals surface area contributed by atoms with E-state index < -0.39 is 23.8 Å². The van der Waals surface area contributed by atoms with E-state index in [1.807, 2.05) is 121 Å². The van der Waals surface area contributed by atoms with Crippen LogP contribution in [-0.2, 0) is 9.59 Å². The standard InChI is InChI=1S/C29H25NO3/c31-28(26(23-17-9-3-10-18-23)24-19-11-4-12-20-24)30-27(29(32)33)25(21-13-5-1-6-14-21)22-15-7-2-8-16-22/h1-20,25-27H,(H,30,31)(H,32,33)/t27-/m0/s1. The molecule has 0 saturated heterocycles. The molecule has 0 unspecified atom stereocenters. The van der Waals surface area contributed by atoms with E-state index in [-0.39, 0.29) is 5.91 Å². The van der Waals surface area contributed by atoms with Gasteiger partial charge in [0.1, 0.15) is 6.04 Å². The first-order chi connectivity index (χ1) is 16.1. The molecule has 0 aromatic heterocycles. The topological polar surface area (TPSA) is 66.4 Å². The third-order valence-corrected chi connectivity index (χ3v) is 5.74. The first kappa shape index (κ1) is 22.0. The van der Waals surface area contributed by atoms with E-state index in [0.29, 0.717) is 0 Å². The molecule has 2 N–H and O–H groups in total. The summed E-state index contributed by atoms with van der Waals surface area (Å²) in [6.07, 6.45) is 0. The van der Waals surface area contributed by atoms with Crippen LogP contribution in [0.5, 0.6) is 0 Å². The highest BCUT2D eigenvalue weighted by Crippen LogP contribution is 2.30. The van der Waals surface area contributed by atoms with Gasteiger partial charge in [0.25, 0.3) is 0 Å². The smallest absolute Gasteiger partial charge is 0.327 e. The van der Waals surface area contributed by atoms with Crippen molar-refractivity contribution in [2.24, 2.45) is 0 Å². The molecule has 0 heterocycles. The minimum atomic E-state index is -1.14. The van der Waals surface area contributed by atoms with E-state index >= 15 is 0 Å². The summed E-state index contributed by atoms with van der Waals surface area (Å²) in [5.74, 6) is -2.60. The van der Waals surface area contributed by atoms with Gasteiger partial charge in [0.15, 0.2) is 0 Å². The van der Waals surface area contributed by atoms with Crippen molar-refractivity contribution >= 4 is 11.9 Å². The van der Waals surface area contributed by atoms with E-state index in [2.05, 4.69) is 5.32 Å².